The summed E-state index contributed by atoms with van der Waals surface area (Å²) in [5.74, 6) is -0.240. The van der Waals surface area contributed by atoms with Crippen LogP contribution < -0.4 is 10.0 Å². The molecule has 2 aromatic rings. The molecule has 1 amide bonds. The molecule has 1 aromatic heterocycles. The molecular formula is C13H12N4O3S. The monoisotopic (exact) mass is 304 g/mol. The molecule has 0 unspecified atom stereocenters. The Bertz CT molecular complexity index is 838. The fourth-order valence-electron chi connectivity index (χ4n) is 2.11. The summed E-state index contributed by atoms with van der Waals surface area (Å²) in [5.41, 5.74) is 2.83. The topological polar surface area (TPSA) is 104 Å². The van der Waals surface area contributed by atoms with E-state index >= 15 is 0 Å². The van der Waals surface area contributed by atoms with Gasteiger partial charge in [0, 0.05) is 16.9 Å². The number of nitrogens with one attached hydrogen (secondary N) is 3. The van der Waals surface area contributed by atoms with Crippen LogP contribution in [0.1, 0.15) is 11.3 Å². The number of fused-ring (bicyclic) bond motifs is 1. The summed E-state index contributed by atoms with van der Waals surface area (Å²) in [6, 6.07) is 4.88. The van der Waals surface area contributed by atoms with Crippen LogP contribution in [0.15, 0.2) is 30.7 Å². The van der Waals surface area contributed by atoms with Crippen molar-refractivity contribution in [2.45, 2.75) is 0 Å². The number of rotatable bonds is 3. The molecule has 7 nitrogen and oxygen atoms in total. The Hall–Kier alpha value is -2.61. The van der Waals surface area contributed by atoms with Gasteiger partial charge in [-0.3, -0.25) is 9.52 Å². The Morgan fingerprint density at radius 3 is 2.81 bits per heavy atom. The molecule has 0 bridgehead atoms. The fourth-order valence-corrected chi connectivity index (χ4v) is 2.67. The van der Waals surface area contributed by atoms with E-state index in [1.165, 1.54) is 6.33 Å². The highest BCUT2D eigenvalue weighted by molar-refractivity contribution is 7.92. The first-order valence-corrected chi connectivity index (χ1v) is 7.95. The first kappa shape index (κ1) is 13.4. The van der Waals surface area contributed by atoms with Crippen molar-refractivity contribution in [1.29, 1.82) is 0 Å². The first-order valence-electron chi connectivity index (χ1n) is 6.06. The number of hydrogen-bond donors (Lipinski definition) is 3. The maximum Gasteiger partial charge on any atom is 0.256 e. The molecular weight excluding hydrogens is 292 g/mol. The van der Waals surface area contributed by atoms with E-state index in [1.807, 2.05) is 0 Å². The van der Waals surface area contributed by atoms with Crippen LogP contribution in [0.25, 0.3) is 11.6 Å². The third-order valence-corrected chi connectivity index (χ3v) is 3.53. The summed E-state index contributed by atoms with van der Waals surface area (Å²) in [5, 5.41) is 2.73. The van der Waals surface area contributed by atoms with Crippen molar-refractivity contribution < 1.29 is 13.2 Å². The molecule has 3 rings (SSSR count). The lowest BCUT2D eigenvalue weighted by Crippen LogP contribution is -2.09. The summed E-state index contributed by atoms with van der Waals surface area (Å²) in [7, 11) is -3.37. The number of hydrogen-bond acceptors (Lipinski definition) is 4. The Balaban J connectivity index is 2.05. The molecule has 1 aliphatic heterocycles. The highest BCUT2D eigenvalue weighted by Gasteiger charge is 2.24. The molecule has 8 heteroatoms. The minimum Gasteiger partial charge on any atom is -0.345 e. The second-order valence-electron chi connectivity index (χ2n) is 4.65. The minimum absolute atomic E-state index is 0.240. The van der Waals surface area contributed by atoms with E-state index in [1.54, 1.807) is 30.5 Å². The fraction of sp³-hybridized carbons (Fsp3) is 0.0769. The Morgan fingerprint density at radius 1 is 1.33 bits per heavy atom. The van der Waals surface area contributed by atoms with Gasteiger partial charge in [-0.1, -0.05) is 0 Å². The van der Waals surface area contributed by atoms with Gasteiger partial charge in [-0.05, 0) is 24.3 Å². The van der Waals surface area contributed by atoms with E-state index in [9.17, 15) is 13.2 Å². The molecule has 1 aliphatic rings. The van der Waals surface area contributed by atoms with Crippen molar-refractivity contribution in [3.63, 3.8) is 0 Å². The number of imidazole rings is 1. The predicted octanol–water partition coefficient (Wildman–Crippen LogP) is 1.27. The highest BCUT2D eigenvalue weighted by atomic mass is 32.2. The zero-order valence-corrected chi connectivity index (χ0v) is 11.9. The van der Waals surface area contributed by atoms with Gasteiger partial charge < -0.3 is 10.3 Å². The average molecular weight is 304 g/mol. The number of anilines is 2. The number of amides is 1. The molecule has 0 fully saturated rings. The van der Waals surface area contributed by atoms with E-state index < -0.39 is 10.0 Å². The molecule has 3 N–H and O–H groups in total. The second-order valence-corrected chi connectivity index (χ2v) is 6.40. The van der Waals surface area contributed by atoms with Gasteiger partial charge in [0.1, 0.15) is 0 Å². The maximum atomic E-state index is 12.0. The number of benzene rings is 1. The van der Waals surface area contributed by atoms with Crippen LogP contribution in [0, 0.1) is 0 Å². The number of carbonyl (C=O) groups is 1. The van der Waals surface area contributed by atoms with Crippen LogP contribution in [0.3, 0.4) is 0 Å². The highest BCUT2D eigenvalue weighted by Crippen LogP contribution is 2.34. The second kappa shape index (κ2) is 4.74. The van der Waals surface area contributed by atoms with E-state index in [0.717, 1.165) is 6.26 Å². The smallest absolute Gasteiger partial charge is 0.256 e. The normalized spacial score (nSPS) is 15.9. The number of aromatic nitrogens is 2. The van der Waals surface area contributed by atoms with Crippen LogP contribution in [0.4, 0.5) is 11.4 Å². The zero-order valence-electron chi connectivity index (χ0n) is 11.0. The number of carbonyl (C=O) groups excluding carboxylic acids is 1. The van der Waals surface area contributed by atoms with Gasteiger partial charge >= 0.3 is 0 Å². The van der Waals surface area contributed by atoms with Gasteiger partial charge in [0.05, 0.1) is 30.0 Å². The molecule has 0 radical (unpaired) electrons. The first-order chi connectivity index (χ1) is 9.92. The molecule has 21 heavy (non-hydrogen) atoms. The molecule has 1 aromatic carbocycles. The van der Waals surface area contributed by atoms with Crippen molar-refractivity contribution >= 4 is 39.0 Å². The molecule has 0 atom stereocenters. The Kier molecular flexibility index (Phi) is 3.02. The lowest BCUT2D eigenvalue weighted by Gasteiger charge is -2.06. The van der Waals surface area contributed by atoms with Crippen molar-refractivity contribution in [3.05, 3.63) is 42.0 Å². The van der Waals surface area contributed by atoms with Crippen molar-refractivity contribution in [1.82, 2.24) is 9.97 Å². The third-order valence-electron chi connectivity index (χ3n) is 2.93. The van der Waals surface area contributed by atoms with Crippen molar-refractivity contribution in [2.24, 2.45) is 0 Å². The molecule has 0 saturated carbocycles. The molecule has 108 valence electrons. The summed E-state index contributed by atoms with van der Waals surface area (Å²) < 4.78 is 25.0. The van der Waals surface area contributed by atoms with Crippen LogP contribution in [0.2, 0.25) is 0 Å². The lowest BCUT2D eigenvalue weighted by molar-refractivity contribution is -0.110. The Labute approximate surface area is 121 Å². The predicted molar refractivity (Wildman–Crippen MR) is 80.0 cm³/mol. The van der Waals surface area contributed by atoms with E-state index in [2.05, 4.69) is 20.0 Å². The van der Waals surface area contributed by atoms with Gasteiger partial charge in [-0.25, -0.2) is 13.4 Å². The summed E-state index contributed by atoms with van der Waals surface area (Å²) in [6.07, 6.45) is 5.85. The SMILES string of the molecule is CS(=O)(=O)Nc1ccc2c(c1)/C(=C\c1cnc[nH]1)C(=O)N2. The Morgan fingerprint density at radius 2 is 2.14 bits per heavy atom. The quantitative estimate of drug-likeness (QED) is 0.743. The standard InChI is InChI=1S/C13H12N4O3S/c1-21(19,20)17-8-2-3-12-10(4-8)11(13(18)16-12)5-9-6-14-7-15-9/h2-7,17H,1H3,(H,14,15)(H,16,18)/b11-5+. The summed E-state index contributed by atoms with van der Waals surface area (Å²) in [4.78, 5) is 18.8. The van der Waals surface area contributed by atoms with Gasteiger partial charge in [0.2, 0.25) is 10.0 Å². The van der Waals surface area contributed by atoms with E-state index in [4.69, 9.17) is 0 Å². The van der Waals surface area contributed by atoms with Crippen LogP contribution >= 0.6 is 0 Å². The van der Waals surface area contributed by atoms with Crippen molar-refractivity contribution in [2.75, 3.05) is 16.3 Å². The van der Waals surface area contributed by atoms with Crippen molar-refractivity contribution in [3.8, 4) is 0 Å². The molecule has 0 spiro atoms. The van der Waals surface area contributed by atoms with Gasteiger partial charge in [0.25, 0.3) is 5.91 Å². The number of nitrogens with zero attached hydrogens (tertiary/aromatic N) is 1. The van der Waals surface area contributed by atoms with Gasteiger partial charge in [-0.2, -0.15) is 0 Å². The molecule has 0 saturated heterocycles. The number of H-pyrrole nitrogens is 1. The third kappa shape index (κ3) is 2.79. The van der Waals surface area contributed by atoms with E-state index in [-0.39, 0.29) is 5.91 Å². The van der Waals surface area contributed by atoms with Crippen LogP contribution in [0.5, 0.6) is 0 Å². The average Bonchev–Trinajstić information content (AvgIpc) is 2.98. The molecule has 0 aliphatic carbocycles. The largest absolute Gasteiger partial charge is 0.345 e. The summed E-state index contributed by atoms with van der Waals surface area (Å²) in [6.45, 7) is 0. The van der Waals surface area contributed by atoms with Crippen LogP contribution in [-0.4, -0.2) is 30.5 Å². The van der Waals surface area contributed by atoms with Gasteiger partial charge in [-0.15, -0.1) is 0 Å². The molecule has 2 heterocycles. The number of aromatic amines is 1. The summed E-state index contributed by atoms with van der Waals surface area (Å²) >= 11 is 0. The van der Waals surface area contributed by atoms with E-state index in [0.29, 0.717) is 28.2 Å². The zero-order chi connectivity index (χ0) is 15.0. The van der Waals surface area contributed by atoms with Gasteiger partial charge in [0.15, 0.2) is 0 Å². The van der Waals surface area contributed by atoms with Crippen LogP contribution in [-0.2, 0) is 14.8 Å². The minimum atomic E-state index is -3.37. The maximum absolute atomic E-state index is 12.0. The lowest BCUT2D eigenvalue weighted by atomic mass is 10.1. The number of sulfonamides is 1.